The number of hydrogen-bond donors (Lipinski definition) is 3. The Morgan fingerprint density at radius 3 is 2.37 bits per heavy atom. The zero-order chi connectivity index (χ0) is 21.8. The molecule has 1 amide bonds. The maximum absolute atomic E-state index is 12.3. The maximum atomic E-state index is 12.3. The number of carbonyl (C=O) groups is 2. The number of hydrogen-bond acceptors (Lipinski definition) is 4. The number of carbonyl (C=O) groups excluding carboxylic acids is 2. The van der Waals surface area contributed by atoms with Gasteiger partial charge in [0.05, 0.1) is 0 Å². The molecule has 0 aromatic heterocycles. The monoisotopic (exact) mass is 407 g/mol. The number of nitrogens with one attached hydrogen (secondary N) is 2. The Balaban J connectivity index is 1.50. The van der Waals surface area contributed by atoms with E-state index in [1.807, 2.05) is 38.1 Å². The molecular weight excluding hydrogens is 374 g/mol. The SMILES string of the molecule is CC(=N)C1/C(=C(\N)c2ccc(CNC(=O)C3(C)CC3C)cc2)C2CC(C(C)=O)C1C2. The minimum Gasteiger partial charge on any atom is -0.398 e. The van der Waals surface area contributed by atoms with Crippen LogP contribution in [0.15, 0.2) is 29.8 Å². The number of allylic oxidation sites excluding steroid dienone is 1. The molecule has 30 heavy (non-hydrogen) atoms. The summed E-state index contributed by atoms with van der Waals surface area (Å²) in [6, 6.07) is 8.05. The van der Waals surface area contributed by atoms with E-state index in [9.17, 15) is 9.59 Å². The van der Waals surface area contributed by atoms with Crippen LogP contribution in [0.1, 0.15) is 58.1 Å². The standard InChI is InChI=1S/C25H33N3O2/c1-13-11-25(13,4)24(30)28-12-16-5-7-17(8-6-16)23(27)22-18-9-19(15(3)29)20(10-18)21(22)14(2)26/h5-8,13,18-21,26H,9-12,27H2,1-4H3,(H,28,30)/b23-22-,26-14?. The van der Waals surface area contributed by atoms with Crippen molar-refractivity contribution >= 4 is 23.1 Å². The summed E-state index contributed by atoms with van der Waals surface area (Å²) in [6.45, 7) is 8.17. The van der Waals surface area contributed by atoms with E-state index in [0.29, 0.717) is 24.1 Å². The molecule has 1 aromatic rings. The van der Waals surface area contributed by atoms with Gasteiger partial charge in [-0.15, -0.1) is 0 Å². The van der Waals surface area contributed by atoms with Crippen LogP contribution in [0, 0.1) is 40.4 Å². The van der Waals surface area contributed by atoms with Crippen molar-refractivity contribution in [2.75, 3.05) is 0 Å². The van der Waals surface area contributed by atoms with E-state index in [2.05, 4.69) is 12.2 Å². The second kappa shape index (κ2) is 7.36. The van der Waals surface area contributed by atoms with E-state index in [1.165, 1.54) is 0 Å². The fourth-order valence-corrected chi connectivity index (χ4v) is 5.83. The molecule has 0 spiro atoms. The van der Waals surface area contributed by atoms with Gasteiger partial charge in [-0.1, -0.05) is 38.1 Å². The lowest BCUT2D eigenvalue weighted by atomic mass is 9.73. The van der Waals surface area contributed by atoms with Crippen LogP contribution in [0.4, 0.5) is 0 Å². The zero-order valence-electron chi connectivity index (χ0n) is 18.4. The molecule has 3 saturated carbocycles. The molecule has 160 valence electrons. The Kier molecular flexibility index (Phi) is 5.11. The molecule has 3 aliphatic rings. The van der Waals surface area contributed by atoms with Crippen molar-refractivity contribution in [2.24, 2.45) is 40.7 Å². The van der Waals surface area contributed by atoms with Gasteiger partial charge in [0.15, 0.2) is 0 Å². The quantitative estimate of drug-likeness (QED) is 0.624. The van der Waals surface area contributed by atoms with Gasteiger partial charge in [-0.3, -0.25) is 9.59 Å². The van der Waals surface area contributed by atoms with Gasteiger partial charge in [0.25, 0.3) is 0 Å². The molecule has 0 heterocycles. The molecule has 3 aliphatic carbocycles. The van der Waals surface area contributed by atoms with Gasteiger partial charge in [-0.05, 0) is 67.6 Å². The van der Waals surface area contributed by atoms with Crippen molar-refractivity contribution in [1.29, 1.82) is 5.41 Å². The highest BCUT2D eigenvalue weighted by Crippen LogP contribution is 2.57. The average molecular weight is 408 g/mol. The van der Waals surface area contributed by atoms with Crippen molar-refractivity contribution in [3.8, 4) is 0 Å². The Labute approximate surface area is 179 Å². The van der Waals surface area contributed by atoms with Crippen LogP contribution in [0.3, 0.4) is 0 Å². The summed E-state index contributed by atoms with van der Waals surface area (Å²) < 4.78 is 0. The molecular formula is C25H33N3O2. The van der Waals surface area contributed by atoms with Crippen LogP contribution < -0.4 is 11.1 Å². The Hall–Kier alpha value is -2.43. The molecule has 5 heteroatoms. The largest absolute Gasteiger partial charge is 0.398 e. The van der Waals surface area contributed by atoms with Crippen LogP contribution >= 0.6 is 0 Å². The van der Waals surface area contributed by atoms with Crippen molar-refractivity contribution in [2.45, 2.75) is 53.5 Å². The lowest BCUT2D eigenvalue weighted by Gasteiger charge is -2.31. The van der Waals surface area contributed by atoms with E-state index in [-0.39, 0.29) is 34.9 Å². The second-order valence-corrected chi connectivity index (χ2v) is 9.98. The molecule has 5 nitrogen and oxygen atoms in total. The number of ketones is 1. The van der Waals surface area contributed by atoms with Gasteiger partial charge in [0.2, 0.25) is 5.91 Å². The average Bonchev–Trinajstić information content (AvgIpc) is 3.07. The van der Waals surface area contributed by atoms with E-state index in [1.54, 1.807) is 6.92 Å². The van der Waals surface area contributed by atoms with Gasteiger partial charge in [-0.25, -0.2) is 0 Å². The summed E-state index contributed by atoms with van der Waals surface area (Å²) in [4.78, 5) is 24.4. The fourth-order valence-electron chi connectivity index (χ4n) is 5.83. The van der Waals surface area contributed by atoms with E-state index >= 15 is 0 Å². The topological polar surface area (TPSA) is 96.0 Å². The molecule has 6 atom stereocenters. The minimum absolute atomic E-state index is 0.0158. The van der Waals surface area contributed by atoms with Crippen molar-refractivity contribution in [1.82, 2.24) is 5.32 Å². The number of rotatable bonds is 6. The maximum Gasteiger partial charge on any atom is 0.226 e. The van der Waals surface area contributed by atoms with Crippen LogP contribution in [0.2, 0.25) is 0 Å². The summed E-state index contributed by atoms with van der Waals surface area (Å²) in [5.41, 5.74) is 10.9. The van der Waals surface area contributed by atoms with Crippen LogP contribution in [0.5, 0.6) is 0 Å². The van der Waals surface area contributed by atoms with Crippen molar-refractivity contribution in [3.05, 3.63) is 41.0 Å². The smallest absolute Gasteiger partial charge is 0.226 e. The summed E-state index contributed by atoms with van der Waals surface area (Å²) >= 11 is 0. The Morgan fingerprint density at radius 2 is 1.83 bits per heavy atom. The summed E-state index contributed by atoms with van der Waals surface area (Å²) in [6.07, 6.45) is 2.78. The van der Waals surface area contributed by atoms with Gasteiger partial charge >= 0.3 is 0 Å². The molecule has 4 rings (SSSR count). The first-order valence-corrected chi connectivity index (χ1v) is 11.1. The van der Waals surface area contributed by atoms with Gasteiger partial charge < -0.3 is 16.5 Å². The highest BCUT2D eigenvalue weighted by Gasteiger charge is 2.53. The molecule has 0 saturated heterocycles. The molecule has 0 aliphatic heterocycles. The molecule has 0 radical (unpaired) electrons. The third-order valence-electron chi connectivity index (χ3n) is 8.01. The minimum atomic E-state index is -0.200. The number of nitrogens with two attached hydrogens (primary N) is 1. The zero-order valence-corrected chi connectivity index (χ0v) is 18.4. The summed E-state index contributed by atoms with van der Waals surface area (Å²) in [7, 11) is 0. The van der Waals surface area contributed by atoms with Gasteiger partial charge in [0.1, 0.15) is 5.78 Å². The first kappa shape index (κ1) is 20.8. The van der Waals surface area contributed by atoms with Gasteiger partial charge in [-0.2, -0.15) is 0 Å². The first-order chi connectivity index (χ1) is 14.1. The predicted octanol–water partition coefficient (Wildman–Crippen LogP) is 3.92. The normalized spacial score (nSPS) is 35.8. The van der Waals surface area contributed by atoms with Crippen LogP contribution in [-0.2, 0) is 16.1 Å². The fraction of sp³-hybridized carbons (Fsp3) is 0.560. The molecule has 1 aromatic carbocycles. The highest BCUT2D eigenvalue weighted by atomic mass is 16.2. The lowest BCUT2D eigenvalue weighted by molar-refractivity contribution is -0.126. The van der Waals surface area contributed by atoms with E-state index in [0.717, 1.165) is 41.7 Å². The number of fused-ring (bicyclic) bond motifs is 2. The number of Topliss-reactive ketones (excluding diaryl/α,β-unsaturated/α-hetero) is 1. The predicted molar refractivity (Wildman–Crippen MR) is 119 cm³/mol. The van der Waals surface area contributed by atoms with Crippen molar-refractivity contribution in [3.63, 3.8) is 0 Å². The first-order valence-electron chi connectivity index (χ1n) is 11.1. The molecule has 2 bridgehead atoms. The number of benzene rings is 1. The third-order valence-corrected chi connectivity index (χ3v) is 8.01. The Bertz CT molecular complexity index is 932. The third kappa shape index (κ3) is 3.38. The van der Waals surface area contributed by atoms with E-state index in [4.69, 9.17) is 11.1 Å². The van der Waals surface area contributed by atoms with Gasteiger partial charge in [0, 0.05) is 35.2 Å². The molecule has 6 unspecified atom stereocenters. The Morgan fingerprint density at radius 1 is 1.20 bits per heavy atom. The van der Waals surface area contributed by atoms with E-state index < -0.39 is 0 Å². The summed E-state index contributed by atoms with van der Waals surface area (Å²) in [5.74, 6) is 1.41. The van der Waals surface area contributed by atoms with Crippen molar-refractivity contribution < 1.29 is 9.59 Å². The number of amides is 1. The lowest BCUT2D eigenvalue weighted by Crippen LogP contribution is -2.32. The molecule has 3 fully saturated rings. The summed E-state index contributed by atoms with van der Waals surface area (Å²) in [5, 5.41) is 11.4. The second-order valence-electron chi connectivity index (χ2n) is 9.98. The molecule has 4 N–H and O–H groups in total. The highest BCUT2D eigenvalue weighted by molar-refractivity contribution is 5.90. The van der Waals surface area contributed by atoms with Crippen LogP contribution in [0.25, 0.3) is 5.70 Å². The van der Waals surface area contributed by atoms with Crippen LogP contribution in [-0.4, -0.2) is 17.4 Å².